The molecule has 0 bridgehead atoms. The highest BCUT2D eigenvalue weighted by Crippen LogP contribution is 2.30. The number of rotatable bonds is 2. The van der Waals surface area contributed by atoms with E-state index in [4.69, 9.17) is 17.3 Å². The lowest BCUT2D eigenvalue weighted by Crippen LogP contribution is -2.29. The van der Waals surface area contributed by atoms with E-state index in [0.29, 0.717) is 6.54 Å². The molecule has 0 amide bonds. The van der Waals surface area contributed by atoms with Crippen LogP contribution in [0.2, 0.25) is 5.02 Å². The highest BCUT2D eigenvalue weighted by molar-refractivity contribution is 7.10. The van der Waals surface area contributed by atoms with E-state index in [9.17, 15) is 0 Å². The number of fused-ring (bicyclic) bond motifs is 1. The van der Waals surface area contributed by atoms with Crippen molar-refractivity contribution in [1.29, 1.82) is 0 Å². The summed E-state index contributed by atoms with van der Waals surface area (Å²) in [6.07, 6.45) is 1.13. The molecule has 2 N–H and O–H groups in total. The number of nitrogens with two attached hydrogens (primary N) is 1. The molecule has 1 aromatic carbocycles. The zero-order valence-corrected chi connectivity index (χ0v) is 11.6. The quantitative estimate of drug-likeness (QED) is 0.912. The molecule has 0 unspecified atom stereocenters. The highest BCUT2D eigenvalue weighted by atomic mass is 35.5. The second kappa shape index (κ2) is 4.92. The van der Waals surface area contributed by atoms with Gasteiger partial charge in [0.25, 0.3) is 0 Å². The summed E-state index contributed by atoms with van der Waals surface area (Å²) in [4.78, 5) is 3.90. The van der Waals surface area contributed by atoms with Crippen LogP contribution in [0.4, 0.5) is 5.69 Å². The number of hydrogen-bond acceptors (Lipinski definition) is 3. The Balaban J connectivity index is 1.86. The fraction of sp³-hybridized carbons (Fsp3) is 0.286. The topological polar surface area (TPSA) is 29.3 Å². The molecule has 0 atom stereocenters. The minimum absolute atomic E-state index is 0.494. The van der Waals surface area contributed by atoms with Crippen molar-refractivity contribution in [2.24, 2.45) is 5.73 Å². The molecule has 94 valence electrons. The summed E-state index contributed by atoms with van der Waals surface area (Å²) in [5.41, 5.74) is 9.28. The van der Waals surface area contributed by atoms with Crippen LogP contribution in [-0.4, -0.2) is 6.54 Å². The molecule has 1 aliphatic heterocycles. The van der Waals surface area contributed by atoms with Gasteiger partial charge in [-0.05, 0) is 41.1 Å². The molecule has 0 fully saturated rings. The van der Waals surface area contributed by atoms with E-state index >= 15 is 0 Å². The Hall–Kier alpha value is -1.03. The van der Waals surface area contributed by atoms with Gasteiger partial charge in [-0.1, -0.05) is 17.7 Å². The minimum atomic E-state index is 0.494. The van der Waals surface area contributed by atoms with E-state index in [-0.39, 0.29) is 0 Å². The average Bonchev–Trinajstić information content (AvgIpc) is 2.85. The van der Waals surface area contributed by atoms with Crippen molar-refractivity contribution in [3.63, 3.8) is 0 Å². The maximum absolute atomic E-state index is 6.22. The number of benzene rings is 1. The summed E-state index contributed by atoms with van der Waals surface area (Å²) in [5, 5.41) is 2.95. The first-order valence-corrected chi connectivity index (χ1v) is 7.32. The number of thiophene rings is 1. The SMILES string of the molecule is NCc1ccc(N2CCc3sccc3C2)cc1Cl. The van der Waals surface area contributed by atoms with Gasteiger partial charge in [-0.2, -0.15) is 0 Å². The highest BCUT2D eigenvalue weighted by Gasteiger charge is 2.17. The number of anilines is 1. The van der Waals surface area contributed by atoms with Crippen molar-refractivity contribution in [1.82, 2.24) is 0 Å². The number of nitrogens with zero attached hydrogens (tertiary/aromatic N) is 1. The molecule has 0 saturated heterocycles. The lowest BCUT2D eigenvalue weighted by molar-refractivity contribution is 0.743. The summed E-state index contributed by atoms with van der Waals surface area (Å²) >= 11 is 8.09. The molecule has 1 aromatic heterocycles. The summed E-state index contributed by atoms with van der Waals surface area (Å²) in [7, 11) is 0. The van der Waals surface area contributed by atoms with Crippen LogP contribution in [0.1, 0.15) is 16.0 Å². The van der Waals surface area contributed by atoms with Crippen LogP contribution in [0, 0.1) is 0 Å². The summed E-state index contributed by atoms with van der Waals surface area (Å²) in [6.45, 7) is 2.54. The van der Waals surface area contributed by atoms with Crippen LogP contribution < -0.4 is 10.6 Å². The van der Waals surface area contributed by atoms with Gasteiger partial charge in [0.1, 0.15) is 0 Å². The van der Waals surface area contributed by atoms with Gasteiger partial charge in [0.15, 0.2) is 0 Å². The van der Waals surface area contributed by atoms with Crippen molar-refractivity contribution in [3.05, 3.63) is 50.7 Å². The molecule has 0 aliphatic carbocycles. The number of hydrogen-bond donors (Lipinski definition) is 1. The third kappa shape index (κ3) is 2.14. The molecule has 18 heavy (non-hydrogen) atoms. The fourth-order valence-electron chi connectivity index (χ4n) is 2.37. The first kappa shape index (κ1) is 12.0. The maximum Gasteiger partial charge on any atom is 0.0471 e. The van der Waals surface area contributed by atoms with E-state index in [1.54, 1.807) is 0 Å². The maximum atomic E-state index is 6.22. The van der Waals surface area contributed by atoms with Crippen molar-refractivity contribution in [3.8, 4) is 0 Å². The second-order valence-electron chi connectivity index (χ2n) is 4.52. The van der Waals surface area contributed by atoms with Crippen molar-refractivity contribution in [2.75, 3.05) is 11.4 Å². The number of halogens is 1. The van der Waals surface area contributed by atoms with Gasteiger partial charge in [-0.15, -0.1) is 11.3 Å². The largest absolute Gasteiger partial charge is 0.367 e. The summed E-state index contributed by atoms with van der Waals surface area (Å²) in [5.74, 6) is 0. The van der Waals surface area contributed by atoms with Gasteiger partial charge in [-0.25, -0.2) is 0 Å². The van der Waals surface area contributed by atoms with E-state index in [2.05, 4.69) is 22.4 Å². The Morgan fingerprint density at radius 3 is 3.00 bits per heavy atom. The zero-order valence-electron chi connectivity index (χ0n) is 10.0. The van der Waals surface area contributed by atoms with Crippen LogP contribution in [0.25, 0.3) is 0 Å². The molecule has 4 heteroatoms. The zero-order chi connectivity index (χ0) is 12.5. The lowest BCUT2D eigenvalue weighted by Gasteiger charge is -2.29. The van der Waals surface area contributed by atoms with E-state index < -0.39 is 0 Å². The van der Waals surface area contributed by atoms with Crippen molar-refractivity contribution < 1.29 is 0 Å². The first-order chi connectivity index (χ1) is 8.78. The Morgan fingerprint density at radius 1 is 1.33 bits per heavy atom. The Kier molecular flexibility index (Phi) is 3.29. The molecular weight excluding hydrogens is 264 g/mol. The predicted molar refractivity (Wildman–Crippen MR) is 78.4 cm³/mol. The van der Waals surface area contributed by atoms with Crippen LogP contribution >= 0.6 is 22.9 Å². The summed E-state index contributed by atoms with van der Waals surface area (Å²) in [6, 6.07) is 8.40. The van der Waals surface area contributed by atoms with Gasteiger partial charge in [0.05, 0.1) is 0 Å². The molecule has 2 heterocycles. The molecule has 0 radical (unpaired) electrons. The van der Waals surface area contributed by atoms with Gasteiger partial charge in [0, 0.05) is 35.2 Å². The molecule has 0 spiro atoms. The third-order valence-electron chi connectivity index (χ3n) is 3.43. The van der Waals surface area contributed by atoms with Crippen LogP contribution in [0.15, 0.2) is 29.6 Å². The fourth-order valence-corrected chi connectivity index (χ4v) is 3.51. The Labute approximate surface area is 116 Å². The van der Waals surface area contributed by atoms with Crippen LogP contribution in [0.5, 0.6) is 0 Å². The summed E-state index contributed by atoms with van der Waals surface area (Å²) < 4.78 is 0. The molecule has 2 nitrogen and oxygen atoms in total. The Morgan fingerprint density at radius 2 is 2.22 bits per heavy atom. The first-order valence-electron chi connectivity index (χ1n) is 6.06. The third-order valence-corrected chi connectivity index (χ3v) is 4.80. The van der Waals surface area contributed by atoms with E-state index in [0.717, 1.165) is 30.1 Å². The van der Waals surface area contributed by atoms with Crippen molar-refractivity contribution >= 4 is 28.6 Å². The molecule has 2 aromatic rings. The van der Waals surface area contributed by atoms with Gasteiger partial charge < -0.3 is 10.6 Å². The molecule has 1 aliphatic rings. The second-order valence-corrected chi connectivity index (χ2v) is 5.93. The monoisotopic (exact) mass is 278 g/mol. The van der Waals surface area contributed by atoms with Crippen LogP contribution in [-0.2, 0) is 19.5 Å². The smallest absolute Gasteiger partial charge is 0.0471 e. The Bertz CT molecular complexity index is 565. The van der Waals surface area contributed by atoms with Gasteiger partial charge in [-0.3, -0.25) is 0 Å². The normalized spacial score (nSPS) is 14.7. The molecular formula is C14H15ClN2S. The van der Waals surface area contributed by atoms with E-state index in [1.165, 1.54) is 16.1 Å². The standard InChI is InChI=1S/C14H15ClN2S/c15-13-7-12(2-1-10(13)8-16)17-5-3-14-11(9-17)4-6-18-14/h1-2,4,6-7H,3,5,8-9,16H2. The van der Waals surface area contributed by atoms with Gasteiger partial charge in [0.2, 0.25) is 0 Å². The van der Waals surface area contributed by atoms with E-state index in [1.807, 2.05) is 23.5 Å². The lowest BCUT2D eigenvalue weighted by atomic mass is 10.1. The average molecular weight is 279 g/mol. The minimum Gasteiger partial charge on any atom is -0.367 e. The van der Waals surface area contributed by atoms with Crippen molar-refractivity contribution in [2.45, 2.75) is 19.5 Å². The predicted octanol–water partition coefficient (Wildman–Crippen LogP) is 3.42. The molecule has 3 rings (SSSR count). The van der Waals surface area contributed by atoms with Gasteiger partial charge >= 0.3 is 0 Å². The molecule has 0 saturated carbocycles. The van der Waals surface area contributed by atoms with Crippen LogP contribution in [0.3, 0.4) is 0 Å².